The molecule has 1 aliphatic heterocycles. The number of hydrogen-bond acceptors (Lipinski definition) is 2. The van der Waals surface area contributed by atoms with Crippen LogP contribution in [0.5, 0.6) is 5.75 Å². The molecule has 1 N–H and O–H groups in total. The molecular formula is C14H14ClNO. The first-order valence-corrected chi connectivity index (χ1v) is 6.27. The highest BCUT2D eigenvalue weighted by Gasteiger charge is 2.17. The molecule has 2 nitrogen and oxygen atoms in total. The van der Waals surface area contributed by atoms with E-state index in [2.05, 4.69) is 11.4 Å². The summed E-state index contributed by atoms with van der Waals surface area (Å²) in [5.74, 6) is 0.929. The number of nitrogens with one attached hydrogen (secondary N) is 1. The van der Waals surface area contributed by atoms with Crippen molar-refractivity contribution in [1.82, 2.24) is 5.32 Å². The molecule has 1 heterocycles. The summed E-state index contributed by atoms with van der Waals surface area (Å²) in [4.78, 5) is 0. The van der Waals surface area contributed by atoms with Gasteiger partial charge in [-0.3, -0.25) is 0 Å². The number of benzene rings is 2. The van der Waals surface area contributed by atoms with Gasteiger partial charge in [0.25, 0.3) is 0 Å². The van der Waals surface area contributed by atoms with E-state index in [1.54, 1.807) is 0 Å². The highest BCUT2D eigenvalue weighted by molar-refractivity contribution is 6.35. The van der Waals surface area contributed by atoms with Gasteiger partial charge in [0.05, 0.1) is 0 Å². The van der Waals surface area contributed by atoms with E-state index in [1.807, 2.05) is 30.3 Å². The van der Waals surface area contributed by atoms with Crippen molar-refractivity contribution in [1.29, 1.82) is 0 Å². The van der Waals surface area contributed by atoms with Crippen molar-refractivity contribution in [2.75, 3.05) is 13.1 Å². The first-order chi connectivity index (χ1) is 8.34. The summed E-state index contributed by atoms with van der Waals surface area (Å²) in [6.07, 6.45) is 1.34. The van der Waals surface area contributed by atoms with Crippen LogP contribution in [0.15, 0.2) is 36.4 Å². The van der Waals surface area contributed by atoms with Crippen LogP contribution in [0, 0.1) is 0 Å². The van der Waals surface area contributed by atoms with Crippen LogP contribution >= 0.6 is 11.6 Å². The Balaban J connectivity index is 2.01. The third-order valence-corrected chi connectivity index (χ3v) is 3.47. The van der Waals surface area contributed by atoms with Gasteiger partial charge in [-0.15, -0.1) is 0 Å². The predicted molar refractivity (Wildman–Crippen MR) is 70.9 cm³/mol. The molecule has 0 radical (unpaired) electrons. The van der Waals surface area contributed by atoms with Crippen LogP contribution in [0.1, 0.15) is 6.42 Å². The summed E-state index contributed by atoms with van der Waals surface area (Å²) >= 11 is 6.18. The van der Waals surface area contributed by atoms with Crippen molar-refractivity contribution in [3.05, 3.63) is 41.4 Å². The zero-order valence-electron chi connectivity index (χ0n) is 9.45. The summed E-state index contributed by atoms with van der Waals surface area (Å²) in [7, 11) is 0. The zero-order chi connectivity index (χ0) is 11.7. The Kier molecular flexibility index (Phi) is 2.91. The third-order valence-electron chi connectivity index (χ3n) is 3.14. The number of hydrogen-bond donors (Lipinski definition) is 1. The molecule has 2 aromatic rings. The van der Waals surface area contributed by atoms with Crippen molar-refractivity contribution in [2.24, 2.45) is 0 Å². The second-order valence-corrected chi connectivity index (χ2v) is 4.73. The topological polar surface area (TPSA) is 21.3 Å². The largest absolute Gasteiger partial charge is 0.488 e. The molecule has 0 amide bonds. The van der Waals surface area contributed by atoms with Gasteiger partial charge >= 0.3 is 0 Å². The number of ether oxygens (including phenoxy) is 1. The normalized spacial score (nSPS) is 19.7. The van der Waals surface area contributed by atoms with Gasteiger partial charge in [0.15, 0.2) is 0 Å². The van der Waals surface area contributed by atoms with Crippen molar-refractivity contribution in [3.63, 3.8) is 0 Å². The maximum absolute atomic E-state index is 6.18. The van der Waals surface area contributed by atoms with Gasteiger partial charge in [0.1, 0.15) is 11.9 Å². The molecule has 88 valence electrons. The molecule has 0 aliphatic carbocycles. The second-order valence-electron chi connectivity index (χ2n) is 4.32. The lowest BCUT2D eigenvalue weighted by molar-refractivity contribution is 0.226. The van der Waals surface area contributed by atoms with E-state index in [-0.39, 0.29) is 6.10 Å². The van der Waals surface area contributed by atoms with Crippen LogP contribution in [0.3, 0.4) is 0 Å². The van der Waals surface area contributed by atoms with Crippen LogP contribution in [0.25, 0.3) is 10.8 Å². The van der Waals surface area contributed by atoms with Crippen LogP contribution in [-0.2, 0) is 0 Å². The van der Waals surface area contributed by atoms with E-state index >= 15 is 0 Å². The third kappa shape index (κ3) is 2.11. The molecular weight excluding hydrogens is 234 g/mol. The molecule has 0 aromatic heterocycles. The van der Waals surface area contributed by atoms with E-state index in [9.17, 15) is 0 Å². The van der Waals surface area contributed by atoms with E-state index in [0.717, 1.165) is 41.1 Å². The lowest BCUT2D eigenvalue weighted by Crippen LogP contribution is -2.19. The van der Waals surface area contributed by atoms with Crippen LogP contribution < -0.4 is 10.1 Å². The first kappa shape index (κ1) is 10.9. The average molecular weight is 248 g/mol. The summed E-state index contributed by atoms with van der Waals surface area (Å²) in [6, 6.07) is 12.0. The molecule has 3 rings (SSSR count). The van der Waals surface area contributed by atoms with Crippen LogP contribution in [0.2, 0.25) is 5.02 Å². The standard InChI is InChI=1S/C14H14ClNO/c15-13-5-6-14(17-10-7-8-16-9-10)12-4-2-1-3-11(12)13/h1-6,10,16H,7-9H2. The minimum atomic E-state index is 0.277. The van der Waals surface area contributed by atoms with Gasteiger partial charge in [-0.1, -0.05) is 35.9 Å². The summed E-state index contributed by atoms with van der Waals surface area (Å²) < 4.78 is 6.02. The fourth-order valence-corrected chi connectivity index (χ4v) is 2.47. The molecule has 0 saturated carbocycles. The van der Waals surface area contributed by atoms with Crippen molar-refractivity contribution in [2.45, 2.75) is 12.5 Å². The summed E-state index contributed by atoms with van der Waals surface area (Å²) in [5.41, 5.74) is 0. The molecule has 1 unspecified atom stereocenters. The smallest absolute Gasteiger partial charge is 0.127 e. The van der Waals surface area contributed by atoms with Crippen LogP contribution in [0.4, 0.5) is 0 Å². The van der Waals surface area contributed by atoms with Crippen molar-refractivity contribution in [3.8, 4) is 5.75 Å². The lowest BCUT2D eigenvalue weighted by atomic mass is 10.1. The quantitative estimate of drug-likeness (QED) is 0.880. The summed E-state index contributed by atoms with van der Waals surface area (Å²) in [5, 5.41) is 6.22. The van der Waals surface area contributed by atoms with E-state index < -0.39 is 0 Å². The van der Waals surface area contributed by atoms with E-state index in [1.165, 1.54) is 0 Å². The Labute approximate surface area is 106 Å². The fraction of sp³-hybridized carbons (Fsp3) is 0.286. The predicted octanol–water partition coefficient (Wildman–Crippen LogP) is 3.23. The highest BCUT2D eigenvalue weighted by atomic mass is 35.5. The summed E-state index contributed by atoms with van der Waals surface area (Å²) in [6.45, 7) is 1.97. The highest BCUT2D eigenvalue weighted by Crippen LogP contribution is 2.32. The minimum absolute atomic E-state index is 0.277. The molecule has 1 fully saturated rings. The van der Waals surface area contributed by atoms with Gasteiger partial charge in [0, 0.05) is 22.3 Å². The molecule has 17 heavy (non-hydrogen) atoms. The maximum atomic E-state index is 6.18. The van der Waals surface area contributed by atoms with Gasteiger partial charge in [-0.05, 0) is 25.1 Å². The second kappa shape index (κ2) is 4.55. The minimum Gasteiger partial charge on any atom is -0.488 e. The van der Waals surface area contributed by atoms with Gasteiger partial charge < -0.3 is 10.1 Å². The van der Waals surface area contributed by atoms with Crippen molar-refractivity contribution >= 4 is 22.4 Å². The molecule has 2 aromatic carbocycles. The van der Waals surface area contributed by atoms with E-state index in [0.29, 0.717) is 0 Å². The SMILES string of the molecule is Clc1ccc(OC2CCNC2)c2ccccc12. The maximum Gasteiger partial charge on any atom is 0.127 e. The fourth-order valence-electron chi connectivity index (χ4n) is 2.25. The lowest BCUT2D eigenvalue weighted by Gasteiger charge is -2.15. The Hall–Kier alpha value is -1.25. The first-order valence-electron chi connectivity index (χ1n) is 5.89. The van der Waals surface area contributed by atoms with Gasteiger partial charge in [0.2, 0.25) is 0 Å². The molecule has 0 spiro atoms. The van der Waals surface area contributed by atoms with E-state index in [4.69, 9.17) is 16.3 Å². The van der Waals surface area contributed by atoms with Crippen molar-refractivity contribution < 1.29 is 4.74 Å². The molecule has 3 heteroatoms. The number of halogens is 1. The molecule has 1 aliphatic rings. The molecule has 1 saturated heterocycles. The zero-order valence-corrected chi connectivity index (χ0v) is 10.2. The number of rotatable bonds is 2. The Morgan fingerprint density at radius 1 is 1.12 bits per heavy atom. The van der Waals surface area contributed by atoms with Crippen LogP contribution in [-0.4, -0.2) is 19.2 Å². The average Bonchev–Trinajstić information content (AvgIpc) is 2.86. The van der Waals surface area contributed by atoms with Gasteiger partial charge in [-0.2, -0.15) is 0 Å². The van der Waals surface area contributed by atoms with Gasteiger partial charge in [-0.25, -0.2) is 0 Å². The Morgan fingerprint density at radius 2 is 1.94 bits per heavy atom. The molecule has 1 atom stereocenters. The molecule has 0 bridgehead atoms. The Morgan fingerprint density at radius 3 is 2.71 bits per heavy atom. The number of fused-ring (bicyclic) bond motifs is 1. The Bertz CT molecular complexity index is 535. The monoisotopic (exact) mass is 247 g/mol.